The van der Waals surface area contributed by atoms with Gasteiger partial charge in [-0.25, -0.2) is 4.98 Å². The maximum atomic E-state index is 11.5. The van der Waals surface area contributed by atoms with Gasteiger partial charge in [-0.1, -0.05) is 12.8 Å². The van der Waals surface area contributed by atoms with Crippen LogP contribution in [0.2, 0.25) is 0 Å². The lowest BCUT2D eigenvalue weighted by atomic mass is 9.86. The molecule has 1 aliphatic rings. The Hall–Kier alpha value is -1.56. The van der Waals surface area contributed by atoms with Crippen LogP contribution in [0.5, 0.6) is 5.75 Å². The van der Waals surface area contributed by atoms with E-state index in [1.165, 1.54) is 13.4 Å². The zero-order valence-corrected chi connectivity index (χ0v) is 10.5. The first-order chi connectivity index (χ1) is 8.72. The molecule has 18 heavy (non-hydrogen) atoms. The Kier molecular flexibility index (Phi) is 4.19. The van der Waals surface area contributed by atoms with E-state index >= 15 is 0 Å². The third kappa shape index (κ3) is 2.81. The van der Waals surface area contributed by atoms with Gasteiger partial charge in [-0.3, -0.25) is 4.79 Å². The lowest BCUT2D eigenvalue weighted by Crippen LogP contribution is -2.30. The van der Waals surface area contributed by atoms with Crippen LogP contribution in [0.4, 0.5) is 5.82 Å². The minimum absolute atomic E-state index is 0.183. The summed E-state index contributed by atoms with van der Waals surface area (Å²) in [7, 11) is 1.44. The van der Waals surface area contributed by atoms with E-state index in [0.717, 1.165) is 25.7 Å². The third-order valence-corrected chi connectivity index (χ3v) is 3.42. The van der Waals surface area contributed by atoms with Crippen LogP contribution in [0.25, 0.3) is 0 Å². The van der Waals surface area contributed by atoms with Crippen LogP contribution in [0.3, 0.4) is 0 Å². The van der Waals surface area contributed by atoms with Crippen molar-refractivity contribution in [2.45, 2.75) is 31.8 Å². The molecule has 1 heterocycles. The fourth-order valence-electron chi connectivity index (χ4n) is 2.36. The lowest BCUT2D eigenvalue weighted by molar-refractivity contribution is 0.0762. The third-order valence-electron chi connectivity index (χ3n) is 3.42. The molecule has 2 rings (SSSR count). The van der Waals surface area contributed by atoms with E-state index in [1.807, 2.05) is 0 Å². The average Bonchev–Trinajstić information content (AvgIpc) is 2.38. The van der Waals surface area contributed by atoms with Crippen LogP contribution < -0.4 is 15.6 Å². The summed E-state index contributed by atoms with van der Waals surface area (Å²) in [6.45, 7) is 0.605. The average molecular weight is 253 g/mol. The van der Waals surface area contributed by atoms with Crippen LogP contribution in [0.15, 0.2) is 11.1 Å². The standard InChI is InChI=1S/C12H19N3O3/c1-18-10-11(14-7-15-12(10)17)13-6-8-4-2-3-5-9(8)16/h7-9,16H,2-6H2,1H3,(H2,13,14,15,17). The number of methoxy groups -OCH3 is 1. The van der Waals surface area contributed by atoms with Gasteiger partial charge in [0.2, 0.25) is 5.75 Å². The van der Waals surface area contributed by atoms with Crippen molar-refractivity contribution in [2.75, 3.05) is 19.0 Å². The first kappa shape index (κ1) is 12.9. The van der Waals surface area contributed by atoms with E-state index in [1.54, 1.807) is 0 Å². The molecular formula is C12H19N3O3. The van der Waals surface area contributed by atoms with Crippen molar-refractivity contribution in [1.82, 2.24) is 9.97 Å². The number of aliphatic hydroxyl groups is 1. The second-order valence-electron chi connectivity index (χ2n) is 4.61. The molecule has 0 spiro atoms. The number of ether oxygens (including phenoxy) is 1. The van der Waals surface area contributed by atoms with Crippen molar-refractivity contribution < 1.29 is 9.84 Å². The summed E-state index contributed by atoms with van der Waals surface area (Å²) in [5.74, 6) is 0.825. The molecular weight excluding hydrogens is 234 g/mol. The van der Waals surface area contributed by atoms with Gasteiger partial charge in [-0.15, -0.1) is 0 Å². The molecule has 0 aliphatic heterocycles. The maximum Gasteiger partial charge on any atom is 0.295 e. The molecule has 1 saturated carbocycles. The Morgan fingerprint density at radius 3 is 3.06 bits per heavy atom. The van der Waals surface area contributed by atoms with E-state index < -0.39 is 0 Å². The molecule has 1 aromatic rings. The van der Waals surface area contributed by atoms with Crippen LogP contribution in [-0.4, -0.2) is 34.8 Å². The van der Waals surface area contributed by atoms with Gasteiger partial charge in [-0.2, -0.15) is 0 Å². The summed E-state index contributed by atoms with van der Waals surface area (Å²) in [5, 5.41) is 13.0. The van der Waals surface area contributed by atoms with Gasteiger partial charge < -0.3 is 20.1 Å². The normalized spacial score (nSPS) is 23.7. The Morgan fingerprint density at radius 1 is 1.56 bits per heavy atom. The minimum Gasteiger partial charge on any atom is -0.489 e. The lowest BCUT2D eigenvalue weighted by Gasteiger charge is -2.27. The van der Waals surface area contributed by atoms with Crippen molar-refractivity contribution in [3.8, 4) is 5.75 Å². The number of nitrogens with one attached hydrogen (secondary N) is 2. The molecule has 6 nitrogen and oxygen atoms in total. The van der Waals surface area contributed by atoms with Gasteiger partial charge in [0, 0.05) is 12.5 Å². The number of rotatable bonds is 4. The van der Waals surface area contributed by atoms with Gasteiger partial charge in [0.25, 0.3) is 5.56 Å². The van der Waals surface area contributed by atoms with Crippen molar-refractivity contribution in [1.29, 1.82) is 0 Å². The van der Waals surface area contributed by atoms with E-state index in [2.05, 4.69) is 15.3 Å². The van der Waals surface area contributed by atoms with E-state index in [9.17, 15) is 9.90 Å². The molecule has 1 fully saturated rings. The number of aliphatic hydroxyl groups excluding tert-OH is 1. The zero-order chi connectivity index (χ0) is 13.0. The molecule has 3 N–H and O–H groups in total. The quantitative estimate of drug-likeness (QED) is 0.736. The number of aromatic amines is 1. The van der Waals surface area contributed by atoms with Gasteiger partial charge in [0.15, 0.2) is 5.82 Å². The molecule has 0 bridgehead atoms. The predicted octanol–water partition coefficient (Wildman–Crippen LogP) is 0.741. The number of nitrogens with zero attached hydrogens (tertiary/aromatic N) is 1. The largest absolute Gasteiger partial charge is 0.489 e. The highest BCUT2D eigenvalue weighted by molar-refractivity contribution is 5.47. The molecule has 100 valence electrons. The van der Waals surface area contributed by atoms with Gasteiger partial charge in [0.05, 0.1) is 19.5 Å². The summed E-state index contributed by atoms with van der Waals surface area (Å²) in [6.07, 6.45) is 5.16. The summed E-state index contributed by atoms with van der Waals surface area (Å²) in [6, 6.07) is 0. The highest BCUT2D eigenvalue weighted by Crippen LogP contribution is 2.25. The van der Waals surface area contributed by atoms with Crippen LogP contribution >= 0.6 is 0 Å². The molecule has 1 aromatic heterocycles. The van der Waals surface area contributed by atoms with Crippen LogP contribution in [-0.2, 0) is 0 Å². The van der Waals surface area contributed by atoms with E-state index in [0.29, 0.717) is 12.4 Å². The summed E-state index contributed by atoms with van der Waals surface area (Å²) < 4.78 is 5.01. The van der Waals surface area contributed by atoms with E-state index in [4.69, 9.17) is 4.74 Å². The summed E-state index contributed by atoms with van der Waals surface area (Å²) in [5.41, 5.74) is -0.306. The zero-order valence-electron chi connectivity index (χ0n) is 10.5. The van der Waals surface area contributed by atoms with Gasteiger partial charge in [-0.05, 0) is 12.8 Å². The van der Waals surface area contributed by atoms with Crippen molar-refractivity contribution in [3.05, 3.63) is 16.7 Å². The Labute approximate surface area is 105 Å². The fourth-order valence-corrected chi connectivity index (χ4v) is 2.36. The van der Waals surface area contributed by atoms with Crippen molar-refractivity contribution in [3.63, 3.8) is 0 Å². The molecule has 0 saturated heterocycles. The van der Waals surface area contributed by atoms with Gasteiger partial charge >= 0.3 is 0 Å². The maximum absolute atomic E-state index is 11.5. The second kappa shape index (κ2) is 5.86. The Morgan fingerprint density at radius 2 is 2.33 bits per heavy atom. The minimum atomic E-state index is -0.306. The number of aromatic nitrogens is 2. The SMILES string of the molecule is COc1c(NCC2CCCCC2O)nc[nH]c1=O. The van der Waals surface area contributed by atoms with Crippen molar-refractivity contribution >= 4 is 5.82 Å². The second-order valence-corrected chi connectivity index (χ2v) is 4.61. The van der Waals surface area contributed by atoms with E-state index in [-0.39, 0.29) is 23.3 Å². The van der Waals surface area contributed by atoms with Gasteiger partial charge in [0.1, 0.15) is 0 Å². The number of H-pyrrole nitrogens is 1. The molecule has 2 unspecified atom stereocenters. The van der Waals surface area contributed by atoms with Crippen LogP contribution in [0, 0.1) is 5.92 Å². The first-order valence-electron chi connectivity index (χ1n) is 6.26. The topological polar surface area (TPSA) is 87.2 Å². The molecule has 1 aliphatic carbocycles. The first-order valence-corrected chi connectivity index (χ1v) is 6.26. The highest BCUT2D eigenvalue weighted by atomic mass is 16.5. The highest BCUT2D eigenvalue weighted by Gasteiger charge is 2.23. The molecule has 2 atom stereocenters. The number of hydrogen-bond donors (Lipinski definition) is 3. The number of hydrogen-bond acceptors (Lipinski definition) is 5. The number of anilines is 1. The smallest absolute Gasteiger partial charge is 0.295 e. The molecule has 6 heteroatoms. The molecule has 0 amide bonds. The predicted molar refractivity (Wildman–Crippen MR) is 67.9 cm³/mol. The van der Waals surface area contributed by atoms with Crippen LogP contribution in [0.1, 0.15) is 25.7 Å². The molecule has 0 radical (unpaired) electrons. The van der Waals surface area contributed by atoms with Crippen molar-refractivity contribution in [2.24, 2.45) is 5.92 Å². The Balaban J connectivity index is 2.01. The Bertz CT molecular complexity index is 446. The summed E-state index contributed by atoms with van der Waals surface area (Å²) in [4.78, 5) is 18.0. The molecule has 0 aromatic carbocycles. The fraction of sp³-hybridized carbons (Fsp3) is 0.667. The monoisotopic (exact) mass is 253 g/mol. The summed E-state index contributed by atoms with van der Waals surface area (Å²) >= 11 is 0.